The molecule has 1 spiro atoms. The molecule has 0 aromatic heterocycles. The number of carbonyl (C=O) groups is 1. The number of nitrogens with one attached hydrogen (secondary N) is 1. The minimum atomic E-state index is -4.92. The fraction of sp³-hybridized carbons (Fsp3) is 0.516. The Kier molecular flexibility index (Phi) is 6.59. The minimum absolute atomic E-state index is 0.0663. The lowest BCUT2D eigenvalue weighted by molar-refractivity contribution is -0.143. The van der Waals surface area contributed by atoms with Crippen molar-refractivity contribution in [2.75, 3.05) is 13.1 Å². The molecule has 2 saturated carbocycles. The Bertz CT molecular complexity index is 1290. The number of alkyl halides is 6. The van der Waals surface area contributed by atoms with Crippen molar-refractivity contribution in [3.05, 3.63) is 76.4 Å². The van der Waals surface area contributed by atoms with Crippen molar-refractivity contribution < 1.29 is 31.1 Å². The first-order valence-corrected chi connectivity index (χ1v) is 14.0. The van der Waals surface area contributed by atoms with Crippen LogP contribution in [0, 0.1) is 11.3 Å². The van der Waals surface area contributed by atoms with Crippen LogP contribution in [0.15, 0.2) is 48.5 Å². The molecule has 1 aliphatic heterocycles. The van der Waals surface area contributed by atoms with E-state index in [1.165, 1.54) is 11.1 Å². The van der Waals surface area contributed by atoms with Crippen molar-refractivity contribution in [3.63, 3.8) is 0 Å². The van der Waals surface area contributed by atoms with Crippen molar-refractivity contribution in [1.29, 1.82) is 0 Å². The number of benzene rings is 2. The molecule has 1 N–H and O–H groups in total. The highest BCUT2D eigenvalue weighted by atomic mass is 19.4. The molecule has 214 valence electrons. The second-order valence-electron chi connectivity index (χ2n) is 12.0. The molecule has 4 aliphatic rings. The number of carbonyl (C=O) groups excluding carboxylic acids is 1. The van der Waals surface area contributed by atoms with E-state index < -0.39 is 28.9 Å². The first kappa shape index (κ1) is 27.4. The number of hydrogen-bond acceptors (Lipinski definition) is 2. The van der Waals surface area contributed by atoms with E-state index in [-0.39, 0.29) is 41.5 Å². The summed E-state index contributed by atoms with van der Waals surface area (Å²) in [5, 5.41) is 2.73. The number of piperidine rings is 1. The van der Waals surface area contributed by atoms with E-state index in [0.29, 0.717) is 25.0 Å². The van der Waals surface area contributed by atoms with Crippen LogP contribution in [0.4, 0.5) is 26.3 Å². The summed E-state index contributed by atoms with van der Waals surface area (Å²) in [5.41, 5.74) is -0.827. The standard InChI is InChI=1S/C31H32F6N2O/c32-30(33,34)23-15-20(16-24(17-23)31(35,36)37)19-38-27(40)29(22-5-6-22)10-8-25(18-29)39-13-11-28(12-14-39)9-7-21-3-1-2-4-26(21)28/h1-4,7,9,15-17,22,25H,5-6,8,10-14,18-19H2,(H,38,40). The van der Waals surface area contributed by atoms with E-state index in [0.717, 1.165) is 45.2 Å². The molecule has 40 heavy (non-hydrogen) atoms. The van der Waals surface area contributed by atoms with E-state index >= 15 is 0 Å². The van der Waals surface area contributed by atoms with Gasteiger partial charge in [0.2, 0.25) is 5.91 Å². The van der Waals surface area contributed by atoms with Gasteiger partial charge >= 0.3 is 12.4 Å². The highest BCUT2D eigenvalue weighted by Gasteiger charge is 2.55. The van der Waals surface area contributed by atoms with Gasteiger partial charge in [0.15, 0.2) is 0 Å². The molecule has 3 fully saturated rings. The fourth-order valence-electron chi connectivity index (χ4n) is 7.40. The van der Waals surface area contributed by atoms with Gasteiger partial charge < -0.3 is 10.2 Å². The van der Waals surface area contributed by atoms with E-state index in [9.17, 15) is 31.1 Å². The number of likely N-dealkylation sites (tertiary alicyclic amines) is 1. The predicted molar refractivity (Wildman–Crippen MR) is 139 cm³/mol. The Morgan fingerprint density at radius 3 is 2.17 bits per heavy atom. The van der Waals surface area contributed by atoms with E-state index in [2.05, 4.69) is 46.6 Å². The number of fused-ring (bicyclic) bond motifs is 2. The molecule has 2 aromatic rings. The van der Waals surface area contributed by atoms with Crippen LogP contribution in [-0.2, 0) is 29.1 Å². The molecule has 2 unspecified atom stereocenters. The van der Waals surface area contributed by atoms with Crippen LogP contribution in [0.3, 0.4) is 0 Å². The summed E-state index contributed by atoms with van der Waals surface area (Å²) in [6.07, 6.45) is 0.815. The van der Waals surface area contributed by atoms with Crippen LogP contribution in [0.1, 0.15) is 72.8 Å². The van der Waals surface area contributed by atoms with Gasteiger partial charge in [-0.1, -0.05) is 36.4 Å². The first-order valence-electron chi connectivity index (χ1n) is 14.0. The maximum absolute atomic E-state index is 13.6. The molecule has 2 aromatic carbocycles. The van der Waals surface area contributed by atoms with Gasteiger partial charge in [-0.25, -0.2) is 0 Å². The summed E-state index contributed by atoms with van der Waals surface area (Å²) in [4.78, 5) is 16.1. The third-order valence-corrected chi connectivity index (χ3v) is 9.72. The molecule has 0 bridgehead atoms. The zero-order valence-corrected chi connectivity index (χ0v) is 22.0. The third-order valence-electron chi connectivity index (χ3n) is 9.72. The lowest BCUT2D eigenvalue weighted by Crippen LogP contribution is -2.47. The largest absolute Gasteiger partial charge is 0.416 e. The highest BCUT2D eigenvalue weighted by molar-refractivity contribution is 5.84. The molecule has 9 heteroatoms. The van der Waals surface area contributed by atoms with Gasteiger partial charge in [0.25, 0.3) is 0 Å². The van der Waals surface area contributed by atoms with Gasteiger partial charge in [-0.05, 0) is 98.8 Å². The molecule has 3 nitrogen and oxygen atoms in total. The van der Waals surface area contributed by atoms with Gasteiger partial charge in [-0.15, -0.1) is 0 Å². The second kappa shape index (κ2) is 9.64. The van der Waals surface area contributed by atoms with Crippen LogP contribution in [0.2, 0.25) is 0 Å². The molecule has 2 atom stereocenters. The number of allylic oxidation sites excluding steroid dienone is 1. The number of amides is 1. The summed E-state index contributed by atoms with van der Waals surface area (Å²) in [5.74, 6) is -0.0323. The van der Waals surface area contributed by atoms with Gasteiger partial charge in [-0.3, -0.25) is 4.79 Å². The summed E-state index contributed by atoms with van der Waals surface area (Å²) >= 11 is 0. The van der Waals surface area contributed by atoms with Gasteiger partial charge in [0.05, 0.1) is 16.5 Å². The smallest absolute Gasteiger partial charge is 0.352 e. The lowest BCUT2D eigenvalue weighted by Gasteiger charge is -2.42. The van der Waals surface area contributed by atoms with Crippen LogP contribution in [0.25, 0.3) is 6.08 Å². The molecular weight excluding hydrogens is 530 g/mol. The van der Waals surface area contributed by atoms with Gasteiger partial charge in [0.1, 0.15) is 0 Å². The lowest BCUT2D eigenvalue weighted by atomic mass is 9.74. The molecule has 1 heterocycles. The topological polar surface area (TPSA) is 32.3 Å². The maximum Gasteiger partial charge on any atom is 0.416 e. The summed E-state index contributed by atoms with van der Waals surface area (Å²) in [6, 6.07) is 10.2. The molecule has 1 saturated heterocycles. The number of rotatable bonds is 5. The van der Waals surface area contributed by atoms with Crippen molar-refractivity contribution in [3.8, 4) is 0 Å². The zero-order chi connectivity index (χ0) is 28.3. The van der Waals surface area contributed by atoms with Crippen molar-refractivity contribution >= 4 is 12.0 Å². The monoisotopic (exact) mass is 562 g/mol. The Labute approximate surface area is 229 Å². The molecule has 0 radical (unpaired) electrons. The fourth-order valence-corrected chi connectivity index (χ4v) is 7.40. The average molecular weight is 563 g/mol. The highest BCUT2D eigenvalue weighted by Crippen LogP contribution is 2.56. The van der Waals surface area contributed by atoms with E-state index in [4.69, 9.17) is 0 Å². The number of hydrogen-bond donors (Lipinski definition) is 1. The first-order chi connectivity index (χ1) is 18.9. The average Bonchev–Trinajstić information content (AvgIpc) is 3.59. The quantitative estimate of drug-likeness (QED) is 0.387. The van der Waals surface area contributed by atoms with Crippen LogP contribution >= 0.6 is 0 Å². The molecule has 6 rings (SSSR count). The van der Waals surface area contributed by atoms with Crippen LogP contribution in [0.5, 0.6) is 0 Å². The zero-order valence-electron chi connectivity index (χ0n) is 22.0. The van der Waals surface area contributed by atoms with Gasteiger partial charge in [-0.2, -0.15) is 26.3 Å². The number of halogens is 6. The van der Waals surface area contributed by atoms with E-state index in [1.807, 2.05) is 0 Å². The summed E-state index contributed by atoms with van der Waals surface area (Å²) < 4.78 is 79.7. The number of nitrogens with zero attached hydrogens (tertiary/aromatic N) is 1. The second-order valence-corrected chi connectivity index (χ2v) is 12.0. The normalized spacial score (nSPS) is 26.3. The minimum Gasteiger partial charge on any atom is -0.352 e. The summed E-state index contributed by atoms with van der Waals surface area (Å²) in [6.45, 7) is 1.48. The van der Waals surface area contributed by atoms with Crippen molar-refractivity contribution in [2.45, 2.75) is 75.3 Å². The van der Waals surface area contributed by atoms with Crippen molar-refractivity contribution in [1.82, 2.24) is 10.2 Å². The Balaban J connectivity index is 1.13. The molecule has 3 aliphatic carbocycles. The van der Waals surface area contributed by atoms with Crippen molar-refractivity contribution in [2.24, 2.45) is 11.3 Å². The third kappa shape index (κ3) is 4.95. The van der Waals surface area contributed by atoms with Gasteiger partial charge in [0, 0.05) is 18.0 Å². The molecule has 1 amide bonds. The predicted octanol–water partition coefficient (Wildman–Crippen LogP) is 7.35. The molecular formula is C31H32F6N2O. The SMILES string of the molecule is O=C(NCc1cc(C(F)(F)F)cc(C(F)(F)F)c1)C1(C2CC2)CCC(N2CCC3(C=Cc4ccccc43)CC2)C1. The Morgan fingerprint density at radius 1 is 0.900 bits per heavy atom. The Hall–Kier alpha value is -2.81. The van der Waals surface area contributed by atoms with Crippen LogP contribution in [-0.4, -0.2) is 29.9 Å². The summed E-state index contributed by atoms with van der Waals surface area (Å²) in [7, 11) is 0. The van der Waals surface area contributed by atoms with E-state index in [1.54, 1.807) is 0 Å². The Morgan fingerprint density at radius 2 is 1.55 bits per heavy atom. The maximum atomic E-state index is 13.6. The van der Waals surface area contributed by atoms with Crippen LogP contribution < -0.4 is 5.32 Å².